The van der Waals surface area contributed by atoms with E-state index in [1.54, 1.807) is 0 Å². The molecule has 1 aromatic rings. The summed E-state index contributed by atoms with van der Waals surface area (Å²) in [6.07, 6.45) is 0.906. The van der Waals surface area contributed by atoms with Crippen LogP contribution in [0.1, 0.15) is 52.7 Å². The van der Waals surface area contributed by atoms with E-state index in [1.807, 2.05) is 12.1 Å². The second-order valence-corrected chi connectivity index (χ2v) is 6.83. The summed E-state index contributed by atoms with van der Waals surface area (Å²) in [4.78, 5) is 0. The Kier molecular flexibility index (Phi) is 3.37. The van der Waals surface area contributed by atoms with Gasteiger partial charge in [0, 0.05) is 0 Å². The maximum Gasteiger partial charge on any atom is 0.118 e. The van der Waals surface area contributed by atoms with Crippen molar-refractivity contribution in [3.05, 3.63) is 29.3 Å². The molecule has 0 aliphatic heterocycles. The van der Waals surface area contributed by atoms with Crippen molar-refractivity contribution in [3.63, 3.8) is 0 Å². The van der Waals surface area contributed by atoms with E-state index in [1.165, 1.54) is 5.56 Å². The molecular formula is C15H24O. The Bertz CT molecular complexity index is 364. The maximum absolute atomic E-state index is 9.86. The summed E-state index contributed by atoms with van der Waals surface area (Å²) in [6.45, 7) is 13.2. The molecule has 0 radical (unpaired) electrons. The van der Waals surface area contributed by atoms with Gasteiger partial charge in [0.1, 0.15) is 5.75 Å². The third-order valence-electron chi connectivity index (χ3n) is 2.67. The highest BCUT2D eigenvalue weighted by molar-refractivity contribution is 5.39. The standard InChI is InChI=1S/C15H24O/c1-14(2,3)10-11-9-12(15(4,5)6)7-8-13(11)16/h7-9,16H,10H2,1-6H3. The van der Waals surface area contributed by atoms with Gasteiger partial charge in [-0.3, -0.25) is 0 Å². The molecule has 0 fully saturated rings. The highest BCUT2D eigenvalue weighted by Crippen LogP contribution is 2.31. The predicted molar refractivity (Wildman–Crippen MR) is 70.0 cm³/mol. The zero-order valence-electron chi connectivity index (χ0n) is 11.4. The monoisotopic (exact) mass is 220 g/mol. The molecule has 0 bridgehead atoms. The number of rotatable bonds is 1. The van der Waals surface area contributed by atoms with Gasteiger partial charge in [-0.2, -0.15) is 0 Å². The van der Waals surface area contributed by atoms with Gasteiger partial charge in [0.15, 0.2) is 0 Å². The number of phenolic OH excluding ortho intramolecular Hbond substituents is 1. The lowest BCUT2D eigenvalue weighted by Gasteiger charge is -2.23. The maximum atomic E-state index is 9.86. The van der Waals surface area contributed by atoms with E-state index in [-0.39, 0.29) is 10.8 Å². The molecule has 1 aromatic carbocycles. The molecule has 0 spiro atoms. The highest BCUT2D eigenvalue weighted by Gasteiger charge is 2.18. The summed E-state index contributed by atoms with van der Waals surface area (Å²) < 4.78 is 0. The molecule has 0 atom stereocenters. The predicted octanol–water partition coefficient (Wildman–Crippen LogP) is 4.28. The van der Waals surface area contributed by atoms with E-state index in [0.717, 1.165) is 12.0 Å². The van der Waals surface area contributed by atoms with Crippen LogP contribution in [0.3, 0.4) is 0 Å². The summed E-state index contributed by atoms with van der Waals surface area (Å²) in [5.74, 6) is 0.419. The Morgan fingerprint density at radius 3 is 2.00 bits per heavy atom. The van der Waals surface area contributed by atoms with Crippen LogP contribution in [-0.4, -0.2) is 5.11 Å². The molecule has 1 heteroatoms. The first-order valence-electron chi connectivity index (χ1n) is 5.92. The van der Waals surface area contributed by atoms with Crippen molar-refractivity contribution in [1.82, 2.24) is 0 Å². The minimum absolute atomic E-state index is 0.139. The highest BCUT2D eigenvalue weighted by atomic mass is 16.3. The third-order valence-corrected chi connectivity index (χ3v) is 2.67. The van der Waals surface area contributed by atoms with Crippen molar-refractivity contribution >= 4 is 0 Å². The van der Waals surface area contributed by atoms with Gasteiger partial charge in [0.05, 0.1) is 0 Å². The molecule has 1 nitrogen and oxygen atoms in total. The second-order valence-electron chi connectivity index (χ2n) is 6.83. The van der Waals surface area contributed by atoms with Gasteiger partial charge in [-0.25, -0.2) is 0 Å². The van der Waals surface area contributed by atoms with Crippen LogP contribution in [0.15, 0.2) is 18.2 Å². The number of phenols is 1. The average Bonchev–Trinajstić information content (AvgIpc) is 2.04. The zero-order chi connectivity index (χ0) is 12.6. The number of benzene rings is 1. The van der Waals surface area contributed by atoms with Gasteiger partial charge in [-0.1, -0.05) is 53.7 Å². The Morgan fingerprint density at radius 2 is 1.56 bits per heavy atom. The van der Waals surface area contributed by atoms with Crippen LogP contribution in [0, 0.1) is 5.41 Å². The van der Waals surface area contributed by atoms with Gasteiger partial charge in [0.2, 0.25) is 0 Å². The van der Waals surface area contributed by atoms with E-state index in [0.29, 0.717) is 5.75 Å². The SMILES string of the molecule is CC(C)(C)Cc1cc(C(C)(C)C)ccc1O. The van der Waals surface area contributed by atoms with Crippen molar-refractivity contribution in [2.45, 2.75) is 53.4 Å². The van der Waals surface area contributed by atoms with Crippen molar-refractivity contribution in [3.8, 4) is 5.75 Å². The fourth-order valence-corrected chi connectivity index (χ4v) is 1.76. The molecule has 0 aliphatic carbocycles. The lowest BCUT2D eigenvalue weighted by atomic mass is 9.82. The van der Waals surface area contributed by atoms with Crippen LogP contribution in [-0.2, 0) is 11.8 Å². The number of hydrogen-bond donors (Lipinski definition) is 1. The van der Waals surface area contributed by atoms with Crippen LogP contribution < -0.4 is 0 Å². The van der Waals surface area contributed by atoms with Gasteiger partial charge in [-0.15, -0.1) is 0 Å². The van der Waals surface area contributed by atoms with Gasteiger partial charge >= 0.3 is 0 Å². The number of aromatic hydroxyl groups is 1. The molecule has 0 saturated carbocycles. The topological polar surface area (TPSA) is 20.2 Å². The van der Waals surface area contributed by atoms with Crippen LogP contribution >= 0.6 is 0 Å². The quantitative estimate of drug-likeness (QED) is 0.749. The van der Waals surface area contributed by atoms with Crippen molar-refractivity contribution in [2.75, 3.05) is 0 Å². The third kappa shape index (κ3) is 3.55. The molecule has 0 saturated heterocycles. The molecule has 1 N–H and O–H groups in total. The van der Waals surface area contributed by atoms with Crippen LogP contribution in [0.4, 0.5) is 0 Å². The van der Waals surface area contributed by atoms with E-state index < -0.39 is 0 Å². The Balaban J connectivity index is 3.10. The fraction of sp³-hybridized carbons (Fsp3) is 0.600. The molecule has 0 unspecified atom stereocenters. The first kappa shape index (κ1) is 13.1. The Morgan fingerprint density at radius 1 is 1.00 bits per heavy atom. The van der Waals surface area contributed by atoms with Crippen LogP contribution in [0.2, 0.25) is 0 Å². The first-order chi connectivity index (χ1) is 7.09. The smallest absolute Gasteiger partial charge is 0.118 e. The second kappa shape index (κ2) is 4.12. The Hall–Kier alpha value is -0.980. The molecular weight excluding hydrogens is 196 g/mol. The minimum atomic E-state index is 0.139. The molecule has 1 rings (SSSR count). The number of hydrogen-bond acceptors (Lipinski definition) is 1. The van der Waals surface area contributed by atoms with E-state index in [9.17, 15) is 5.11 Å². The normalized spacial score (nSPS) is 12.9. The van der Waals surface area contributed by atoms with Crippen LogP contribution in [0.5, 0.6) is 5.75 Å². The van der Waals surface area contributed by atoms with Gasteiger partial charge < -0.3 is 5.11 Å². The average molecular weight is 220 g/mol. The fourth-order valence-electron chi connectivity index (χ4n) is 1.76. The van der Waals surface area contributed by atoms with Crippen molar-refractivity contribution in [1.29, 1.82) is 0 Å². The van der Waals surface area contributed by atoms with Gasteiger partial charge in [0.25, 0.3) is 0 Å². The summed E-state index contributed by atoms with van der Waals surface area (Å²) in [7, 11) is 0. The first-order valence-corrected chi connectivity index (χ1v) is 5.92. The summed E-state index contributed by atoms with van der Waals surface area (Å²) >= 11 is 0. The largest absolute Gasteiger partial charge is 0.508 e. The molecule has 90 valence electrons. The van der Waals surface area contributed by atoms with Crippen LogP contribution in [0.25, 0.3) is 0 Å². The molecule has 0 aliphatic rings. The molecule has 0 amide bonds. The van der Waals surface area contributed by atoms with Gasteiger partial charge in [-0.05, 0) is 34.4 Å². The lowest BCUT2D eigenvalue weighted by Crippen LogP contribution is -2.13. The summed E-state index contributed by atoms with van der Waals surface area (Å²) in [5, 5.41) is 9.86. The zero-order valence-corrected chi connectivity index (χ0v) is 11.4. The molecule has 0 aromatic heterocycles. The van der Waals surface area contributed by atoms with E-state index >= 15 is 0 Å². The minimum Gasteiger partial charge on any atom is -0.508 e. The Labute approximate surface area is 99.5 Å². The lowest BCUT2D eigenvalue weighted by molar-refractivity contribution is 0.394. The summed E-state index contributed by atoms with van der Waals surface area (Å²) in [5.41, 5.74) is 2.68. The van der Waals surface area contributed by atoms with Crippen molar-refractivity contribution < 1.29 is 5.11 Å². The van der Waals surface area contributed by atoms with E-state index in [4.69, 9.17) is 0 Å². The molecule has 0 heterocycles. The van der Waals surface area contributed by atoms with E-state index in [2.05, 4.69) is 47.6 Å². The molecule has 16 heavy (non-hydrogen) atoms. The van der Waals surface area contributed by atoms with Crippen molar-refractivity contribution in [2.24, 2.45) is 5.41 Å². The summed E-state index contributed by atoms with van der Waals surface area (Å²) in [6, 6.07) is 5.98.